The third kappa shape index (κ3) is 4.94. The number of hydrogen-bond donors (Lipinski definition) is 0. The zero-order chi connectivity index (χ0) is 21.1. The molecule has 0 spiro atoms. The molecular weight excluding hydrogens is 488 g/mol. The quantitative estimate of drug-likeness (QED) is 0.152. The lowest BCUT2D eigenvalue weighted by molar-refractivity contribution is -0.150. The van der Waals surface area contributed by atoms with Crippen LogP contribution in [0.25, 0.3) is 21.9 Å². The van der Waals surface area contributed by atoms with Crippen molar-refractivity contribution in [1.82, 2.24) is 0 Å². The molecular formula is C23H18BrClO4S. The van der Waals surface area contributed by atoms with Gasteiger partial charge in [-0.05, 0) is 61.5 Å². The van der Waals surface area contributed by atoms with Crippen molar-refractivity contribution in [3.63, 3.8) is 0 Å². The summed E-state index contributed by atoms with van der Waals surface area (Å²) in [7, 11) is 0. The van der Waals surface area contributed by atoms with Crippen LogP contribution in [-0.2, 0) is 9.53 Å². The number of ether oxygens (including phenoxy) is 2. The van der Waals surface area contributed by atoms with Gasteiger partial charge in [0.1, 0.15) is 23.5 Å². The molecule has 3 aromatic carbocycles. The minimum atomic E-state index is -0.721. The van der Waals surface area contributed by atoms with Crippen LogP contribution in [0.5, 0.6) is 5.75 Å². The molecule has 4 aromatic rings. The lowest BCUT2D eigenvalue weighted by atomic mass is 10.1. The van der Waals surface area contributed by atoms with Gasteiger partial charge in [0.25, 0.3) is 0 Å². The van der Waals surface area contributed by atoms with Crippen LogP contribution in [0.2, 0.25) is 5.02 Å². The zero-order valence-corrected chi connectivity index (χ0v) is 19.2. The average molecular weight is 506 g/mol. The minimum Gasteiger partial charge on any atom is -0.479 e. The Labute approximate surface area is 191 Å². The van der Waals surface area contributed by atoms with Gasteiger partial charge in [0.15, 0.2) is 6.10 Å². The molecule has 7 heteroatoms. The molecule has 30 heavy (non-hydrogen) atoms. The van der Waals surface area contributed by atoms with E-state index in [0.29, 0.717) is 28.7 Å². The van der Waals surface area contributed by atoms with E-state index in [1.165, 1.54) is 0 Å². The highest BCUT2D eigenvalue weighted by molar-refractivity contribution is 9.10. The van der Waals surface area contributed by atoms with E-state index in [9.17, 15) is 4.79 Å². The fraction of sp³-hybridized carbons (Fsp3) is 0.174. The Balaban J connectivity index is 1.32. The largest absolute Gasteiger partial charge is 0.479 e. The molecule has 0 aliphatic rings. The van der Waals surface area contributed by atoms with Crippen LogP contribution in [-0.4, -0.2) is 24.4 Å². The second-order valence-electron chi connectivity index (χ2n) is 6.63. The van der Waals surface area contributed by atoms with Gasteiger partial charge in [-0.15, -0.1) is 11.8 Å². The van der Waals surface area contributed by atoms with E-state index < -0.39 is 12.1 Å². The predicted octanol–water partition coefficient (Wildman–Crippen LogP) is 7.10. The summed E-state index contributed by atoms with van der Waals surface area (Å²) in [4.78, 5) is 13.3. The van der Waals surface area contributed by atoms with Gasteiger partial charge >= 0.3 is 5.97 Å². The van der Waals surface area contributed by atoms with E-state index in [4.69, 9.17) is 25.5 Å². The number of hydrogen-bond acceptors (Lipinski definition) is 5. The Morgan fingerprint density at radius 1 is 1.07 bits per heavy atom. The molecule has 0 N–H and O–H groups in total. The van der Waals surface area contributed by atoms with E-state index in [2.05, 4.69) is 15.9 Å². The van der Waals surface area contributed by atoms with E-state index in [1.54, 1.807) is 24.8 Å². The Morgan fingerprint density at radius 2 is 1.77 bits per heavy atom. The number of benzene rings is 3. The first-order valence-electron chi connectivity index (χ1n) is 9.33. The molecule has 1 atom stereocenters. The lowest BCUT2D eigenvalue weighted by Crippen LogP contribution is -2.26. The number of halogens is 2. The second kappa shape index (κ2) is 9.33. The van der Waals surface area contributed by atoms with Gasteiger partial charge in [-0.2, -0.15) is 0 Å². The zero-order valence-electron chi connectivity index (χ0n) is 16.1. The smallest absolute Gasteiger partial charge is 0.347 e. The first-order valence-corrected chi connectivity index (χ1v) is 11.5. The standard InChI is InChI=1S/C23H18BrClO4S/c1-14(23(26)27-10-11-30-18-6-3-16(25)4-7-18)28-17-5-9-20-19-8-2-15(24)12-21(19)29-22(20)13-17/h2-9,12-14H,10-11H2,1H3. The van der Waals surface area contributed by atoms with E-state index in [1.807, 2.05) is 54.6 Å². The monoisotopic (exact) mass is 504 g/mol. The van der Waals surface area contributed by atoms with Crippen molar-refractivity contribution in [2.45, 2.75) is 17.9 Å². The SMILES string of the molecule is CC(Oc1ccc2c(c1)oc1cc(Br)ccc12)C(=O)OCCSc1ccc(Cl)cc1. The van der Waals surface area contributed by atoms with Crippen LogP contribution < -0.4 is 4.74 Å². The third-order valence-electron chi connectivity index (χ3n) is 4.46. The van der Waals surface area contributed by atoms with Crippen molar-refractivity contribution in [1.29, 1.82) is 0 Å². The van der Waals surface area contributed by atoms with Gasteiger partial charge < -0.3 is 13.9 Å². The molecule has 1 unspecified atom stereocenters. The summed E-state index contributed by atoms with van der Waals surface area (Å²) in [6, 6.07) is 19.0. The molecule has 0 aliphatic carbocycles. The highest BCUT2D eigenvalue weighted by atomic mass is 79.9. The first-order chi connectivity index (χ1) is 14.5. The highest BCUT2D eigenvalue weighted by Crippen LogP contribution is 2.33. The molecule has 4 nitrogen and oxygen atoms in total. The molecule has 154 valence electrons. The summed E-state index contributed by atoms with van der Waals surface area (Å²) in [5, 5.41) is 2.73. The van der Waals surface area contributed by atoms with Gasteiger partial charge in [-0.1, -0.05) is 27.5 Å². The summed E-state index contributed by atoms with van der Waals surface area (Å²) in [6.45, 7) is 1.98. The summed E-state index contributed by atoms with van der Waals surface area (Å²) in [6.07, 6.45) is -0.721. The Kier molecular flexibility index (Phi) is 6.56. The van der Waals surface area contributed by atoms with Gasteiger partial charge in [-0.3, -0.25) is 0 Å². The molecule has 0 bridgehead atoms. The van der Waals surface area contributed by atoms with Crippen LogP contribution in [0.1, 0.15) is 6.92 Å². The van der Waals surface area contributed by atoms with Crippen molar-refractivity contribution in [3.05, 3.63) is 70.2 Å². The van der Waals surface area contributed by atoms with Gasteiger partial charge in [0, 0.05) is 37.0 Å². The molecule has 4 rings (SSSR count). The van der Waals surface area contributed by atoms with Gasteiger partial charge in [-0.25, -0.2) is 4.79 Å². The summed E-state index contributed by atoms with van der Waals surface area (Å²) >= 11 is 10.9. The number of furan rings is 1. The number of thioether (sulfide) groups is 1. The molecule has 0 radical (unpaired) electrons. The Morgan fingerprint density at radius 3 is 2.53 bits per heavy atom. The van der Waals surface area contributed by atoms with Crippen molar-refractivity contribution >= 4 is 67.2 Å². The van der Waals surface area contributed by atoms with Crippen molar-refractivity contribution in [3.8, 4) is 5.75 Å². The Bertz CT molecular complexity index is 1190. The van der Waals surface area contributed by atoms with Gasteiger partial charge in [0.2, 0.25) is 0 Å². The van der Waals surface area contributed by atoms with Crippen LogP contribution >= 0.6 is 39.3 Å². The first kappa shape index (κ1) is 21.1. The number of esters is 1. The molecule has 1 heterocycles. The molecule has 0 fully saturated rings. The molecule has 0 amide bonds. The van der Waals surface area contributed by atoms with Crippen molar-refractivity contribution in [2.75, 3.05) is 12.4 Å². The van der Waals surface area contributed by atoms with Crippen LogP contribution in [0.3, 0.4) is 0 Å². The third-order valence-corrected chi connectivity index (χ3v) is 6.18. The number of fused-ring (bicyclic) bond motifs is 3. The summed E-state index contributed by atoms with van der Waals surface area (Å²) in [5.41, 5.74) is 1.50. The fourth-order valence-electron chi connectivity index (χ4n) is 3.01. The van der Waals surface area contributed by atoms with Crippen LogP contribution in [0.15, 0.2) is 74.4 Å². The number of rotatable bonds is 7. The maximum atomic E-state index is 12.2. The van der Waals surface area contributed by atoms with Gasteiger partial charge in [0.05, 0.1) is 0 Å². The molecule has 0 saturated heterocycles. The fourth-order valence-corrected chi connectivity index (χ4v) is 4.20. The lowest BCUT2D eigenvalue weighted by Gasteiger charge is -2.14. The number of carbonyl (C=O) groups excluding carboxylic acids is 1. The van der Waals surface area contributed by atoms with E-state index in [0.717, 1.165) is 25.7 Å². The molecule has 1 aromatic heterocycles. The van der Waals surface area contributed by atoms with Crippen LogP contribution in [0.4, 0.5) is 0 Å². The average Bonchev–Trinajstić information content (AvgIpc) is 3.08. The topological polar surface area (TPSA) is 48.7 Å². The van der Waals surface area contributed by atoms with E-state index >= 15 is 0 Å². The normalized spacial score (nSPS) is 12.2. The maximum Gasteiger partial charge on any atom is 0.347 e. The molecule has 0 saturated carbocycles. The van der Waals surface area contributed by atoms with Crippen molar-refractivity contribution < 1.29 is 18.7 Å². The predicted molar refractivity (Wildman–Crippen MR) is 125 cm³/mol. The van der Waals surface area contributed by atoms with Crippen LogP contribution in [0, 0.1) is 0 Å². The Hall–Kier alpha value is -2.15. The van der Waals surface area contributed by atoms with E-state index in [-0.39, 0.29) is 0 Å². The second-order valence-corrected chi connectivity index (χ2v) is 9.15. The minimum absolute atomic E-state index is 0.303. The van der Waals surface area contributed by atoms with Crippen molar-refractivity contribution in [2.24, 2.45) is 0 Å². The molecule has 0 aliphatic heterocycles. The number of carbonyl (C=O) groups is 1. The summed E-state index contributed by atoms with van der Waals surface area (Å²) < 4.78 is 18.0. The highest BCUT2D eigenvalue weighted by Gasteiger charge is 2.17. The maximum absolute atomic E-state index is 12.2. The summed E-state index contributed by atoms with van der Waals surface area (Å²) in [5.74, 6) is 0.807.